The zero-order chi connectivity index (χ0) is 22.3. The van der Waals surface area contributed by atoms with Gasteiger partial charge in [-0.25, -0.2) is 0 Å². The van der Waals surface area contributed by atoms with Gasteiger partial charge >= 0.3 is 0 Å². The summed E-state index contributed by atoms with van der Waals surface area (Å²) in [7, 11) is 0. The smallest absolute Gasteiger partial charge is 0.270 e. The fraction of sp³-hybridized carbons (Fsp3) is 0.308. The third kappa shape index (κ3) is 3.21. The quantitative estimate of drug-likeness (QED) is 0.244. The number of thiophene rings is 1. The zero-order valence-electron chi connectivity index (χ0n) is 18.3. The Balaban J connectivity index is 1.47. The molecule has 164 valence electrons. The predicted octanol–water partition coefficient (Wildman–Crippen LogP) is 6.58. The number of fused-ring (bicyclic) bond motifs is 2. The van der Waals surface area contributed by atoms with Gasteiger partial charge in [-0.15, -0.1) is 11.3 Å². The van der Waals surface area contributed by atoms with Crippen LogP contribution in [0.15, 0.2) is 66.1 Å². The van der Waals surface area contributed by atoms with Gasteiger partial charge in [0.25, 0.3) is 5.69 Å². The molecule has 0 bridgehead atoms. The third-order valence-corrected chi connectivity index (χ3v) is 7.69. The van der Waals surface area contributed by atoms with Crippen molar-refractivity contribution in [2.75, 3.05) is 11.4 Å². The second-order valence-corrected chi connectivity index (χ2v) is 9.97. The average molecular weight is 447 g/mol. The molecule has 0 radical (unpaired) electrons. The van der Waals surface area contributed by atoms with E-state index in [1.807, 2.05) is 17.4 Å². The monoisotopic (exact) mass is 446 g/mol. The minimum atomic E-state index is -0.678. The molecule has 32 heavy (non-hydrogen) atoms. The lowest BCUT2D eigenvalue weighted by Crippen LogP contribution is -2.59. The second-order valence-electron chi connectivity index (χ2n) is 8.94. The molecule has 2 aromatic carbocycles. The summed E-state index contributed by atoms with van der Waals surface area (Å²) >= 11 is 1.81. The van der Waals surface area contributed by atoms with Crippen molar-refractivity contribution < 1.29 is 9.66 Å². The molecule has 0 aliphatic carbocycles. The van der Waals surface area contributed by atoms with E-state index in [-0.39, 0.29) is 16.0 Å². The maximum Gasteiger partial charge on any atom is 0.270 e. The normalized spacial score (nSPS) is 20.1. The highest BCUT2D eigenvalue weighted by Gasteiger charge is 2.58. The van der Waals surface area contributed by atoms with Crippen LogP contribution in [0.25, 0.3) is 6.08 Å². The number of ether oxygens (including phenoxy) is 1. The van der Waals surface area contributed by atoms with Gasteiger partial charge in [-0.3, -0.25) is 10.1 Å². The maximum absolute atomic E-state index is 11.2. The summed E-state index contributed by atoms with van der Waals surface area (Å²) in [4.78, 5) is 14.6. The first-order valence-corrected chi connectivity index (χ1v) is 11.9. The van der Waals surface area contributed by atoms with Crippen LogP contribution in [0.1, 0.15) is 42.7 Å². The summed E-state index contributed by atoms with van der Waals surface area (Å²) in [5, 5.41) is 13.3. The Labute approximate surface area is 192 Å². The molecule has 5 nitrogen and oxygen atoms in total. The second kappa shape index (κ2) is 7.78. The van der Waals surface area contributed by atoms with E-state index in [0.29, 0.717) is 5.75 Å². The van der Waals surface area contributed by atoms with Crippen LogP contribution in [0, 0.1) is 10.1 Å². The SMILES string of the molecule is CC1(C)c2ccccc2N(CCCCc2cccs2)C12C=Cc1cc([N+](=O)[O-])ccc1O2. The molecule has 6 heteroatoms. The highest BCUT2D eigenvalue weighted by atomic mass is 32.1. The number of aryl methyl sites for hydroxylation is 1. The molecule has 1 atom stereocenters. The standard InChI is InChI=1S/C26H26N2O3S/c1-25(2)22-10-3-4-11-23(22)27(16-6-5-8-21-9-7-17-32-21)26(25)15-14-19-18-20(28(29)30)12-13-24(19)31-26/h3-4,7,9-15,17-18H,5-6,8,16H2,1-2H3. The van der Waals surface area contributed by atoms with Gasteiger partial charge in [0.2, 0.25) is 5.72 Å². The molecule has 0 amide bonds. The van der Waals surface area contributed by atoms with Gasteiger partial charge in [-0.2, -0.15) is 0 Å². The summed E-state index contributed by atoms with van der Waals surface area (Å²) in [6.07, 6.45) is 7.33. The Morgan fingerprint density at radius 1 is 1.09 bits per heavy atom. The zero-order valence-corrected chi connectivity index (χ0v) is 19.1. The number of rotatable bonds is 6. The van der Waals surface area contributed by atoms with Crippen molar-refractivity contribution in [1.82, 2.24) is 0 Å². The Bertz CT molecular complexity index is 1190. The van der Waals surface area contributed by atoms with Crippen molar-refractivity contribution >= 4 is 28.8 Å². The van der Waals surface area contributed by atoms with Crippen LogP contribution in [0.2, 0.25) is 0 Å². The first kappa shape index (κ1) is 20.8. The van der Waals surface area contributed by atoms with Crippen LogP contribution >= 0.6 is 11.3 Å². The molecule has 2 aliphatic heterocycles. The van der Waals surface area contributed by atoms with Gasteiger partial charge in [0.05, 0.1) is 10.3 Å². The van der Waals surface area contributed by atoms with E-state index in [1.54, 1.807) is 12.1 Å². The van der Waals surface area contributed by atoms with E-state index in [4.69, 9.17) is 4.74 Å². The Kier molecular flexibility index (Phi) is 5.05. The fourth-order valence-electron chi connectivity index (χ4n) is 5.02. The Morgan fingerprint density at radius 2 is 1.94 bits per heavy atom. The lowest BCUT2D eigenvalue weighted by Gasteiger charge is -2.47. The average Bonchev–Trinajstić information content (AvgIpc) is 3.36. The number of para-hydroxylation sites is 1. The minimum absolute atomic E-state index is 0.0763. The lowest BCUT2D eigenvalue weighted by molar-refractivity contribution is -0.384. The van der Waals surface area contributed by atoms with Crippen molar-refractivity contribution in [3.8, 4) is 5.75 Å². The Hall–Kier alpha value is -3.12. The molecule has 1 spiro atoms. The maximum atomic E-state index is 11.2. The minimum Gasteiger partial charge on any atom is -0.463 e. The number of nitro benzene ring substituents is 1. The van der Waals surface area contributed by atoms with E-state index < -0.39 is 5.72 Å². The summed E-state index contributed by atoms with van der Waals surface area (Å²) in [5.74, 6) is 0.683. The van der Waals surface area contributed by atoms with Gasteiger partial charge in [0, 0.05) is 34.8 Å². The summed E-state index contributed by atoms with van der Waals surface area (Å²) in [6.45, 7) is 5.31. The summed E-state index contributed by atoms with van der Waals surface area (Å²) < 4.78 is 6.75. The fourth-order valence-corrected chi connectivity index (χ4v) is 5.77. The van der Waals surface area contributed by atoms with Crippen LogP contribution in [0.3, 0.4) is 0 Å². The van der Waals surface area contributed by atoms with Gasteiger partial charge in [0.1, 0.15) is 5.75 Å². The molecule has 0 fully saturated rings. The predicted molar refractivity (Wildman–Crippen MR) is 130 cm³/mol. The molecule has 1 aromatic heterocycles. The number of benzene rings is 2. The van der Waals surface area contributed by atoms with Gasteiger partial charge in [0.15, 0.2) is 0 Å². The molecule has 0 N–H and O–H groups in total. The van der Waals surface area contributed by atoms with Crippen LogP contribution in [0.5, 0.6) is 5.75 Å². The molecule has 5 rings (SSSR count). The van der Waals surface area contributed by atoms with Crippen molar-refractivity contribution in [2.45, 2.75) is 44.2 Å². The van der Waals surface area contributed by atoms with Gasteiger partial charge in [-0.05, 0) is 74.4 Å². The van der Waals surface area contributed by atoms with E-state index >= 15 is 0 Å². The third-order valence-electron chi connectivity index (χ3n) is 6.76. The molecule has 3 aromatic rings. The van der Waals surface area contributed by atoms with Crippen LogP contribution in [-0.2, 0) is 11.8 Å². The number of hydrogen-bond acceptors (Lipinski definition) is 5. The van der Waals surface area contributed by atoms with Gasteiger partial charge < -0.3 is 9.64 Å². The number of nitro groups is 1. The van der Waals surface area contributed by atoms with Crippen molar-refractivity contribution in [1.29, 1.82) is 0 Å². The van der Waals surface area contributed by atoms with Crippen molar-refractivity contribution in [2.24, 2.45) is 0 Å². The summed E-state index contributed by atoms with van der Waals surface area (Å²) in [5.41, 5.74) is 2.30. The van der Waals surface area contributed by atoms with E-state index in [9.17, 15) is 10.1 Å². The van der Waals surface area contributed by atoms with E-state index in [1.165, 1.54) is 22.2 Å². The van der Waals surface area contributed by atoms with Crippen molar-refractivity contribution in [3.63, 3.8) is 0 Å². The largest absolute Gasteiger partial charge is 0.463 e. The number of non-ortho nitro benzene ring substituents is 1. The van der Waals surface area contributed by atoms with E-state index in [2.05, 4.69) is 66.6 Å². The van der Waals surface area contributed by atoms with Crippen LogP contribution < -0.4 is 9.64 Å². The molecule has 0 saturated carbocycles. The number of hydrogen-bond donors (Lipinski definition) is 0. The first-order chi connectivity index (χ1) is 15.4. The summed E-state index contributed by atoms with van der Waals surface area (Å²) in [6, 6.07) is 17.7. The highest BCUT2D eigenvalue weighted by molar-refractivity contribution is 7.09. The molecule has 1 unspecified atom stereocenters. The van der Waals surface area contributed by atoms with E-state index in [0.717, 1.165) is 31.4 Å². The molecule has 0 saturated heterocycles. The Morgan fingerprint density at radius 3 is 2.72 bits per heavy atom. The van der Waals surface area contributed by atoms with Gasteiger partial charge in [-0.1, -0.05) is 24.3 Å². The molecular weight excluding hydrogens is 420 g/mol. The topological polar surface area (TPSA) is 55.6 Å². The molecule has 2 aliphatic rings. The number of anilines is 1. The molecule has 3 heterocycles. The number of unbranched alkanes of at least 4 members (excludes halogenated alkanes) is 1. The lowest BCUT2D eigenvalue weighted by atomic mass is 9.76. The van der Waals surface area contributed by atoms with Crippen LogP contribution in [0.4, 0.5) is 11.4 Å². The first-order valence-electron chi connectivity index (χ1n) is 11.0. The van der Waals surface area contributed by atoms with Crippen LogP contribution in [-0.4, -0.2) is 17.2 Å². The number of nitrogens with zero attached hydrogens (tertiary/aromatic N) is 2. The van der Waals surface area contributed by atoms with Crippen molar-refractivity contribution in [3.05, 3.63) is 92.2 Å². The molecular formula is C26H26N2O3S. The highest BCUT2D eigenvalue weighted by Crippen LogP contribution is 2.55.